The first kappa shape index (κ1) is 15.5. The van der Waals surface area contributed by atoms with Crippen LogP contribution in [0, 0.1) is 0 Å². The fourth-order valence-electron chi connectivity index (χ4n) is 1.78. The Morgan fingerprint density at radius 2 is 1.94 bits per heavy atom. The third kappa shape index (κ3) is 3.46. The number of alkyl halides is 1. The normalized spacial score (nSPS) is 10.3. The number of nitrogens with zero attached hydrogens (tertiary/aromatic N) is 1. The summed E-state index contributed by atoms with van der Waals surface area (Å²) in [5, 5.41) is 18.8. The van der Waals surface area contributed by atoms with Crippen LogP contribution < -0.4 is 5.46 Å². The lowest BCUT2D eigenvalue weighted by Gasteiger charge is -2.20. The number of hydrogen-bond donors (Lipinski definition) is 2. The quantitative estimate of drug-likeness (QED) is 0.463. The van der Waals surface area contributed by atoms with Crippen molar-refractivity contribution in [3.8, 4) is 0 Å². The van der Waals surface area contributed by atoms with Gasteiger partial charge in [0.15, 0.2) is 0 Å². The van der Waals surface area contributed by atoms with E-state index >= 15 is 0 Å². The minimum absolute atomic E-state index is 0.164. The van der Waals surface area contributed by atoms with Gasteiger partial charge >= 0.3 is 7.12 Å². The molecule has 4 nitrogen and oxygen atoms in total. The number of carbonyl (C=O) groups is 1. The third-order valence-corrected chi connectivity index (χ3v) is 3.71. The van der Waals surface area contributed by atoms with E-state index in [-0.39, 0.29) is 11.4 Å². The topological polar surface area (TPSA) is 60.8 Å². The van der Waals surface area contributed by atoms with Crippen LogP contribution >= 0.6 is 22.6 Å². The van der Waals surface area contributed by atoms with E-state index in [0.717, 1.165) is 9.99 Å². The van der Waals surface area contributed by atoms with Crippen molar-refractivity contribution in [2.24, 2.45) is 0 Å². The first-order valence-corrected chi connectivity index (χ1v) is 7.41. The molecule has 0 saturated heterocycles. The van der Waals surface area contributed by atoms with Gasteiger partial charge in [-0.15, -0.1) is 0 Å². The Balaban J connectivity index is 3.18. The predicted molar refractivity (Wildman–Crippen MR) is 81.2 cm³/mol. The number of halogens is 1. The van der Waals surface area contributed by atoms with Crippen LogP contribution in [0.2, 0.25) is 0 Å². The SMILES string of the molecule is CCN(CC)C(=O)c1ccc(CI)cc1B(O)O. The van der Waals surface area contributed by atoms with Gasteiger partial charge in [0.05, 0.1) is 0 Å². The first-order valence-electron chi connectivity index (χ1n) is 5.89. The zero-order valence-electron chi connectivity index (χ0n) is 10.6. The summed E-state index contributed by atoms with van der Waals surface area (Å²) in [6, 6.07) is 5.19. The van der Waals surface area contributed by atoms with Crippen molar-refractivity contribution in [1.29, 1.82) is 0 Å². The van der Waals surface area contributed by atoms with Crippen molar-refractivity contribution >= 4 is 41.1 Å². The zero-order chi connectivity index (χ0) is 13.7. The maximum Gasteiger partial charge on any atom is 0.489 e. The van der Waals surface area contributed by atoms with Gasteiger partial charge in [-0.3, -0.25) is 4.79 Å². The van der Waals surface area contributed by atoms with Crippen LogP contribution in [-0.2, 0) is 4.43 Å². The molecule has 0 fully saturated rings. The summed E-state index contributed by atoms with van der Waals surface area (Å²) < 4.78 is 0.761. The van der Waals surface area contributed by atoms with Gasteiger partial charge in [0, 0.05) is 23.1 Å². The molecule has 0 saturated carbocycles. The molecule has 1 amide bonds. The highest BCUT2D eigenvalue weighted by Crippen LogP contribution is 2.09. The molecule has 0 atom stereocenters. The molecule has 0 heterocycles. The lowest BCUT2D eigenvalue weighted by Crippen LogP contribution is -2.40. The lowest BCUT2D eigenvalue weighted by atomic mass is 9.76. The Kier molecular flexibility index (Phi) is 6.10. The molecule has 1 aromatic carbocycles. The molecular weight excluding hydrogens is 344 g/mol. The Bertz CT molecular complexity index is 422. The second-order valence-corrected chi connectivity index (χ2v) is 4.67. The second kappa shape index (κ2) is 7.11. The van der Waals surface area contributed by atoms with Crippen LogP contribution in [0.15, 0.2) is 18.2 Å². The first-order chi connectivity index (χ1) is 8.54. The number of benzene rings is 1. The van der Waals surface area contributed by atoms with Crippen LogP contribution in [0.1, 0.15) is 29.8 Å². The number of amides is 1. The molecule has 1 rings (SSSR count). The Hall–Kier alpha value is -0.595. The standard InChI is InChI=1S/C12H17BINO3/c1-3-15(4-2)12(16)10-6-5-9(8-14)7-11(10)13(17)18/h5-7,17-18H,3-4,8H2,1-2H3. The van der Waals surface area contributed by atoms with Crippen LogP contribution in [0.25, 0.3) is 0 Å². The maximum absolute atomic E-state index is 12.2. The molecule has 0 aromatic heterocycles. The summed E-state index contributed by atoms with van der Waals surface area (Å²) >= 11 is 2.19. The second-order valence-electron chi connectivity index (χ2n) is 3.91. The number of rotatable bonds is 5. The average Bonchev–Trinajstić information content (AvgIpc) is 2.39. The van der Waals surface area contributed by atoms with Gasteiger partial charge in [-0.2, -0.15) is 0 Å². The van der Waals surface area contributed by atoms with Crippen molar-refractivity contribution in [1.82, 2.24) is 4.90 Å². The van der Waals surface area contributed by atoms with Crippen molar-refractivity contribution in [3.63, 3.8) is 0 Å². The summed E-state index contributed by atoms with van der Waals surface area (Å²) in [4.78, 5) is 13.9. The van der Waals surface area contributed by atoms with Crippen molar-refractivity contribution in [3.05, 3.63) is 29.3 Å². The monoisotopic (exact) mass is 361 g/mol. The van der Waals surface area contributed by atoms with Crippen LogP contribution in [0.3, 0.4) is 0 Å². The van der Waals surface area contributed by atoms with E-state index in [9.17, 15) is 14.8 Å². The average molecular weight is 361 g/mol. The molecule has 98 valence electrons. The van der Waals surface area contributed by atoms with Gasteiger partial charge in [0.25, 0.3) is 5.91 Å². The molecule has 0 radical (unpaired) electrons. The van der Waals surface area contributed by atoms with Crippen LogP contribution in [-0.4, -0.2) is 41.1 Å². The highest BCUT2D eigenvalue weighted by molar-refractivity contribution is 14.1. The van der Waals surface area contributed by atoms with Crippen molar-refractivity contribution in [2.75, 3.05) is 13.1 Å². The predicted octanol–water partition coefficient (Wildman–Crippen LogP) is 0.783. The van der Waals surface area contributed by atoms with Gasteiger partial charge in [-0.05, 0) is 30.9 Å². The lowest BCUT2D eigenvalue weighted by molar-refractivity contribution is 0.0774. The smallest absolute Gasteiger partial charge is 0.423 e. The molecule has 18 heavy (non-hydrogen) atoms. The molecule has 0 unspecified atom stereocenters. The Morgan fingerprint density at radius 1 is 1.33 bits per heavy atom. The fraction of sp³-hybridized carbons (Fsp3) is 0.417. The maximum atomic E-state index is 12.2. The summed E-state index contributed by atoms with van der Waals surface area (Å²) in [5.74, 6) is -0.164. The van der Waals surface area contributed by atoms with Gasteiger partial charge in [0.1, 0.15) is 0 Å². The highest BCUT2D eigenvalue weighted by atomic mass is 127. The third-order valence-electron chi connectivity index (χ3n) is 2.83. The Morgan fingerprint density at radius 3 is 2.39 bits per heavy atom. The van der Waals surface area contributed by atoms with Gasteiger partial charge < -0.3 is 14.9 Å². The Labute approximate surface area is 121 Å². The van der Waals surface area contributed by atoms with Crippen molar-refractivity contribution in [2.45, 2.75) is 18.3 Å². The zero-order valence-corrected chi connectivity index (χ0v) is 12.7. The highest BCUT2D eigenvalue weighted by Gasteiger charge is 2.23. The van der Waals surface area contributed by atoms with E-state index in [1.165, 1.54) is 0 Å². The molecular formula is C12H17BINO3. The molecule has 0 bridgehead atoms. The molecule has 0 aliphatic carbocycles. The van der Waals surface area contributed by atoms with Gasteiger partial charge in [0.2, 0.25) is 0 Å². The largest absolute Gasteiger partial charge is 0.489 e. The molecule has 1 aromatic rings. The van der Waals surface area contributed by atoms with Gasteiger partial charge in [-0.25, -0.2) is 0 Å². The van der Waals surface area contributed by atoms with E-state index in [1.807, 2.05) is 19.9 Å². The molecule has 0 aliphatic rings. The van der Waals surface area contributed by atoms with Crippen LogP contribution in [0.5, 0.6) is 0 Å². The summed E-state index contributed by atoms with van der Waals surface area (Å²) in [5.41, 5.74) is 1.61. The van der Waals surface area contributed by atoms with Crippen LogP contribution in [0.4, 0.5) is 0 Å². The molecule has 2 N–H and O–H groups in total. The minimum Gasteiger partial charge on any atom is -0.423 e. The van der Waals surface area contributed by atoms with E-state index < -0.39 is 7.12 Å². The summed E-state index contributed by atoms with van der Waals surface area (Å²) in [6.07, 6.45) is 0. The number of hydrogen-bond acceptors (Lipinski definition) is 3. The van der Waals surface area contributed by atoms with Crippen molar-refractivity contribution < 1.29 is 14.8 Å². The summed E-state index contributed by atoms with van der Waals surface area (Å²) in [7, 11) is -1.62. The van der Waals surface area contributed by atoms with E-state index in [0.29, 0.717) is 18.7 Å². The minimum atomic E-state index is -1.62. The number of carbonyl (C=O) groups excluding carboxylic acids is 1. The van der Waals surface area contributed by atoms with Gasteiger partial charge in [-0.1, -0.05) is 34.7 Å². The fourth-order valence-corrected chi connectivity index (χ4v) is 2.26. The van der Waals surface area contributed by atoms with E-state index in [4.69, 9.17) is 0 Å². The molecule has 0 aliphatic heterocycles. The van der Waals surface area contributed by atoms with E-state index in [2.05, 4.69) is 22.6 Å². The van der Waals surface area contributed by atoms with E-state index in [1.54, 1.807) is 17.0 Å². The summed E-state index contributed by atoms with van der Waals surface area (Å²) in [6.45, 7) is 5.00. The molecule has 0 spiro atoms. The molecule has 6 heteroatoms.